The van der Waals surface area contributed by atoms with E-state index in [1.165, 1.54) is 25.7 Å². The van der Waals surface area contributed by atoms with Crippen LogP contribution in [0.3, 0.4) is 0 Å². The standard InChI is InChI=1S/C17H23ClN2/c1-17(2,3)14-6-4-5-7-15(14)20-16-10-13(18)9-8-12(16)11-19/h8-10,14-15,20H,4-7H2,1-3H3. The van der Waals surface area contributed by atoms with Gasteiger partial charge in [-0.15, -0.1) is 0 Å². The molecular formula is C17H23ClN2. The Morgan fingerprint density at radius 2 is 1.95 bits per heavy atom. The Kier molecular flexibility index (Phi) is 4.60. The Morgan fingerprint density at radius 3 is 2.60 bits per heavy atom. The monoisotopic (exact) mass is 290 g/mol. The summed E-state index contributed by atoms with van der Waals surface area (Å²) in [5, 5.41) is 13.5. The summed E-state index contributed by atoms with van der Waals surface area (Å²) in [7, 11) is 0. The van der Waals surface area contributed by atoms with Crippen molar-refractivity contribution in [3.63, 3.8) is 0 Å². The topological polar surface area (TPSA) is 35.8 Å². The van der Waals surface area contributed by atoms with E-state index in [1.54, 1.807) is 12.1 Å². The van der Waals surface area contributed by atoms with E-state index in [0.29, 0.717) is 22.5 Å². The molecule has 1 saturated carbocycles. The zero-order chi connectivity index (χ0) is 14.8. The fraction of sp³-hybridized carbons (Fsp3) is 0.588. The third-order valence-corrected chi connectivity index (χ3v) is 4.56. The van der Waals surface area contributed by atoms with Crippen LogP contribution in [0.5, 0.6) is 0 Å². The SMILES string of the molecule is CC(C)(C)C1CCCCC1Nc1cc(Cl)ccc1C#N. The van der Waals surface area contributed by atoms with Crippen molar-refractivity contribution in [2.75, 3.05) is 5.32 Å². The predicted molar refractivity (Wildman–Crippen MR) is 85.0 cm³/mol. The van der Waals surface area contributed by atoms with E-state index in [0.717, 1.165) is 5.69 Å². The van der Waals surface area contributed by atoms with Crippen LogP contribution in [-0.4, -0.2) is 6.04 Å². The molecule has 2 nitrogen and oxygen atoms in total. The van der Waals surface area contributed by atoms with Crippen LogP contribution in [0.15, 0.2) is 18.2 Å². The second-order valence-corrected chi connectivity index (χ2v) is 7.25. The zero-order valence-corrected chi connectivity index (χ0v) is 13.3. The van der Waals surface area contributed by atoms with Gasteiger partial charge in [0.05, 0.1) is 11.3 Å². The first kappa shape index (κ1) is 15.2. The number of hydrogen-bond donors (Lipinski definition) is 1. The Balaban J connectivity index is 2.23. The summed E-state index contributed by atoms with van der Waals surface area (Å²) in [5.74, 6) is 0.627. The summed E-state index contributed by atoms with van der Waals surface area (Å²) in [4.78, 5) is 0. The van der Waals surface area contributed by atoms with Crippen molar-refractivity contribution in [2.45, 2.75) is 52.5 Å². The molecule has 0 heterocycles. The van der Waals surface area contributed by atoms with Crippen molar-refractivity contribution in [3.8, 4) is 6.07 Å². The molecule has 1 aliphatic carbocycles. The molecule has 2 atom stereocenters. The molecule has 0 saturated heterocycles. The highest BCUT2D eigenvalue weighted by atomic mass is 35.5. The van der Waals surface area contributed by atoms with Gasteiger partial charge >= 0.3 is 0 Å². The molecule has 1 aromatic rings. The second-order valence-electron chi connectivity index (χ2n) is 6.81. The number of nitrogens with zero attached hydrogens (tertiary/aromatic N) is 1. The van der Waals surface area contributed by atoms with E-state index >= 15 is 0 Å². The molecule has 1 aliphatic rings. The van der Waals surface area contributed by atoms with Crippen LogP contribution >= 0.6 is 11.6 Å². The van der Waals surface area contributed by atoms with E-state index in [4.69, 9.17) is 11.6 Å². The number of rotatable bonds is 2. The number of hydrogen-bond acceptors (Lipinski definition) is 2. The summed E-state index contributed by atoms with van der Waals surface area (Å²) in [5.41, 5.74) is 1.83. The van der Waals surface area contributed by atoms with Gasteiger partial charge in [0.1, 0.15) is 6.07 Å². The van der Waals surface area contributed by atoms with Crippen LogP contribution in [0.25, 0.3) is 0 Å². The molecule has 108 valence electrons. The summed E-state index contributed by atoms with van der Waals surface area (Å²) in [6.45, 7) is 6.92. The number of benzene rings is 1. The first-order valence-electron chi connectivity index (χ1n) is 7.38. The average Bonchev–Trinajstić information content (AvgIpc) is 2.38. The molecule has 0 aromatic heterocycles. The van der Waals surface area contributed by atoms with Gasteiger partial charge in [0.15, 0.2) is 0 Å². The quantitative estimate of drug-likeness (QED) is 0.809. The molecule has 20 heavy (non-hydrogen) atoms. The third-order valence-electron chi connectivity index (χ3n) is 4.32. The zero-order valence-electron chi connectivity index (χ0n) is 12.5. The minimum Gasteiger partial charge on any atom is -0.381 e. The summed E-state index contributed by atoms with van der Waals surface area (Å²) < 4.78 is 0. The van der Waals surface area contributed by atoms with E-state index < -0.39 is 0 Å². The molecule has 0 radical (unpaired) electrons. The van der Waals surface area contributed by atoms with Crippen molar-refractivity contribution in [1.29, 1.82) is 5.26 Å². The molecule has 2 rings (SSSR count). The highest BCUT2D eigenvalue weighted by molar-refractivity contribution is 6.30. The molecule has 0 bridgehead atoms. The second kappa shape index (κ2) is 6.06. The largest absolute Gasteiger partial charge is 0.381 e. The maximum Gasteiger partial charge on any atom is 0.101 e. The lowest BCUT2D eigenvalue weighted by molar-refractivity contribution is 0.163. The first-order chi connectivity index (χ1) is 9.41. The molecule has 2 unspecified atom stereocenters. The maximum atomic E-state index is 9.23. The summed E-state index contributed by atoms with van der Waals surface area (Å²) in [6, 6.07) is 8.10. The lowest BCUT2D eigenvalue weighted by Gasteiger charge is -2.41. The highest BCUT2D eigenvalue weighted by Gasteiger charge is 2.34. The van der Waals surface area contributed by atoms with Crippen LogP contribution in [0.2, 0.25) is 5.02 Å². The summed E-state index contributed by atoms with van der Waals surface area (Å²) in [6.07, 6.45) is 4.98. The molecule has 1 fully saturated rings. The van der Waals surface area contributed by atoms with Gasteiger partial charge < -0.3 is 5.32 Å². The summed E-state index contributed by atoms with van der Waals surface area (Å²) >= 11 is 6.07. The molecule has 1 aromatic carbocycles. The number of nitrogens with one attached hydrogen (secondary N) is 1. The minimum absolute atomic E-state index is 0.281. The van der Waals surface area contributed by atoms with Gasteiger partial charge in [0.25, 0.3) is 0 Å². The fourth-order valence-corrected chi connectivity index (χ4v) is 3.45. The molecule has 1 N–H and O–H groups in total. The smallest absolute Gasteiger partial charge is 0.101 e. The van der Waals surface area contributed by atoms with Crippen LogP contribution in [0.4, 0.5) is 5.69 Å². The van der Waals surface area contributed by atoms with Gasteiger partial charge in [-0.05, 0) is 42.4 Å². The Labute approximate surface area is 127 Å². The number of halogens is 1. The van der Waals surface area contributed by atoms with Gasteiger partial charge in [-0.1, -0.05) is 45.2 Å². The minimum atomic E-state index is 0.281. The Hall–Kier alpha value is -1.20. The van der Waals surface area contributed by atoms with E-state index in [9.17, 15) is 5.26 Å². The van der Waals surface area contributed by atoms with Crippen molar-refractivity contribution < 1.29 is 0 Å². The molecule has 0 aliphatic heterocycles. The fourth-order valence-electron chi connectivity index (χ4n) is 3.27. The van der Waals surface area contributed by atoms with Crippen LogP contribution in [0, 0.1) is 22.7 Å². The van der Waals surface area contributed by atoms with E-state index in [1.807, 2.05) is 6.07 Å². The Morgan fingerprint density at radius 1 is 1.25 bits per heavy atom. The third kappa shape index (κ3) is 3.46. The molecule has 0 amide bonds. The molecule has 0 spiro atoms. The highest BCUT2D eigenvalue weighted by Crippen LogP contribution is 2.39. The van der Waals surface area contributed by atoms with Crippen molar-refractivity contribution in [1.82, 2.24) is 0 Å². The average molecular weight is 291 g/mol. The maximum absolute atomic E-state index is 9.23. The van der Waals surface area contributed by atoms with Crippen molar-refractivity contribution in [2.24, 2.45) is 11.3 Å². The van der Waals surface area contributed by atoms with Gasteiger partial charge in [0, 0.05) is 11.1 Å². The van der Waals surface area contributed by atoms with Crippen LogP contribution < -0.4 is 5.32 Å². The van der Waals surface area contributed by atoms with Crippen LogP contribution in [0.1, 0.15) is 52.0 Å². The van der Waals surface area contributed by atoms with Gasteiger partial charge in [0.2, 0.25) is 0 Å². The molecule has 3 heteroatoms. The van der Waals surface area contributed by atoms with Gasteiger partial charge in [-0.2, -0.15) is 5.26 Å². The molecular weight excluding hydrogens is 268 g/mol. The van der Waals surface area contributed by atoms with Crippen LogP contribution in [-0.2, 0) is 0 Å². The number of nitriles is 1. The van der Waals surface area contributed by atoms with E-state index in [2.05, 4.69) is 32.2 Å². The lowest BCUT2D eigenvalue weighted by Crippen LogP contribution is -2.39. The van der Waals surface area contributed by atoms with Gasteiger partial charge in [-0.3, -0.25) is 0 Å². The van der Waals surface area contributed by atoms with Crippen molar-refractivity contribution in [3.05, 3.63) is 28.8 Å². The van der Waals surface area contributed by atoms with Crippen molar-refractivity contribution >= 4 is 17.3 Å². The Bertz CT molecular complexity index is 511. The van der Waals surface area contributed by atoms with E-state index in [-0.39, 0.29) is 5.41 Å². The normalized spacial score (nSPS) is 23.1. The predicted octanol–water partition coefficient (Wildman–Crippen LogP) is 5.23. The first-order valence-corrected chi connectivity index (χ1v) is 7.76. The number of anilines is 1. The van der Waals surface area contributed by atoms with Gasteiger partial charge in [-0.25, -0.2) is 0 Å². The lowest BCUT2D eigenvalue weighted by atomic mass is 9.69.